The topological polar surface area (TPSA) is 46.5 Å². The largest absolute Gasteiger partial charge is 0.572 e. The monoisotopic (exact) mass is 167 g/mol. The van der Waals surface area contributed by atoms with Crippen molar-refractivity contribution in [2.75, 3.05) is 14.1 Å². The summed E-state index contributed by atoms with van der Waals surface area (Å²) >= 11 is 0. The number of nitrogens with zero attached hydrogens (tertiary/aromatic N) is 2. The van der Waals surface area contributed by atoms with Crippen molar-refractivity contribution in [3.8, 4) is 0 Å². The minimum atomic E-state index is -1.53. The smallest absolute Gasteiger partial charge is 0.194 e. The first-order chi connectivity index (χ1) is 5.55. The number of rotatable bonds is 2. The molecule has 1 atom stereocenters. The van der Waals surface area contributed by atoms with E-state index in [4.69, 9.17) is 0 Å². The molecule has 0 aliphatic heterocycles. The van der Waals surface area contributed by atoms with E-state index >= 15 is 0 Å². The molecule has 0 bridgehead atoms. The minimum Gasteiger partial charge on any atom is -0.572 e. The number of quaternary nitrogens is 1. The number of hydrogen-bond donors (Lipinski definition) is 1. The lowest BCUT2D eigenvalue weighted by Crippen LogP contribution is -2.50. The third-order valence-electron chi connectivity index (χ3n) is 1.55. The highest BCUT2D eigenvalue weighted by molar-refractivity contribution is 5.38. The van der Waals surface area contributed by atoms with E-state index in [9.17, 15) is 10.4 Å². The van der Waals surface area contributed by atoms with Crippen LogP contribution >= 0.6 is 0 Å². The summed E-state index contributed by atoms with van der Waals surface area (Å²) in [6.07, 6.45) is 0. The molecule has 4 nitrogen and oxygen atoms in total. The van der Waals surface area contributed by atoms with Crippen molar-refractivity contribution in [3.63, 3.8) is 0 Å². The van der Waals surface area contributed by atoms with Gasteiger partial charge in [-0.2, -0.15) is 5.21 Å². The van der Waals surface area contributed by atoms with Crippen LogP contribution < -0.4 is 4.92 Å². The van der Waals surface area contributed by atoms with Crippen LogP contribution in [0.5, 0.6) is 0 Å². The van der Waals surface area contributed by atoms with Crippen molar-refractivity contribution in [2.45, 2.75) is 0 Å². The summed E-state index contributed by atoms with van der Waals surface area (Å²) in [7, 11) is 2.99. The van der Waals surface area contributed by atoms with Crippen LogP contribution in [-0.2, 0) is 0 Å². The third kappa shape index (κ3) is 1.62. The van der Waals surface area contributed by atoms with Gasteiger partial charge in [0.15, 0.2) is 5.69 Å². The van der Waals surface area contributed by atoms with Crippen molar-refractivity contribution in [1.29, 1.82) is 0 Å². The highest BCUT2D eigenvalue weighted by Crippen LogP contribution is 2.18. The zero-order chi connectivity index (χ0) is 9.19. The summed E-state index contributed by atoms with van der Waals surface area (Å²) in [6.45, 7) is 0. The first kappa shape index (κ1) is 9.15. The quantitative estimate of drug-likeness (QED) is 0.531. The highest BCUT2D eigenvalue weighted by Gasteiger charge is 2.20. The molecule has 12 heavy (non-hydrogen) atoms. The Bertz CT molecular complexity index is 246. The summed E-state index contributed by atoms with van der Waals surface area (Å²) in [5.41, 5.74) is 0.169. The first-order valence-corrected chi connectivity index (χ1v) is 3.53. The molecule has 1 N–H and O–H groups in total. The van der Waals surface area contributed by atoms with Crippen LogP contribution in [0.2, 0.25) is 0 Å². The zero-order valence-electron chi connectivity index (χ0n) is 7.06. The Morgan fingerprint density at radius 2 is 2.17 bits per heavy atom. The van der Waals surface area contributed by atoms with Gasteiger partial charge < -0.3 is 5.21 Å². The molecule has 0 fully saturated rings. The predicted octanol–water partition coefficient (Wildman–Crippen LogP) is 1.16. The van der Waals surface area contributed by atoms with Gasteiger partial charge in [0.2, 0.25) is 0 Å². The molecule has 1 aromatic rings. The van der Waals surface area contributed by atoms with Crippen LogP contribution in [0.25, 0.3) is 0 Å². The fraction of sp³-hybridized carbons (Fsp3) is 0.250. The van der Waals surface area contributed by atoms with Gasteiger partial charge in [-0.3, -0.25) is 0 Å². The summed E-state index contributed by atoms with van der Waals surface area (Å²) in [4.78, 5) is -1.53. The van der Waals surface area contributed by atoms with Crippen molar-refractivity contribution < 1.29 is 5.21 Å². The van der Waals surface area contributed by atoms with E-state index in [1.165, 1.54) is 20.2 Å². The normalized spacial score (nSPS) is 16.1. The van der Waals surface area contributed by atoms with Gasteiger partial charge in [-0.1, -0.05) is 12.1 Å². The van der Waals surface area contributed by atoms with Gasteiger partial charge >= 0.3 is 0 Å². The second-order valence-electron chi connectivity index (χ2n) is 2.64. The lowest BCUT2D eigenvalue weighted by Gasteiger charge is -2.36. The molecule has 0 saturated heterocycles. The molecule has 1 radical (unpaired) electrons. The van der Waals surface area contributed by atoms with Crippen LogP contribution in [0.4, 0.5) is 5.69 Å². The van der Waals surface area contributed by atoms with E-state index in [0.717, 1.165) is 5.01 Å². The Balaban J connectivity index is 2.98. The van der Waals surface area contributed by atoms with Gasteiger partial charge in [0.05, 0.1) is 6.07 Å². The van der Waals surface area contributed by atoms with Gasteiger partial charge in [-0.15, -0.1) is 9.93 Å². The number of benzene rings is 1. The van der Waals surface area contributed by atoms with Crippen molar-refractivity contribution in [1.82, 2.24) is 9.93 Å². The molecule has 1 rings (SSSR count). The average Bonchev–Trinajstić information content (AvgIpc) is 2.06. The fourth-order valence-corrected chi connectivity index (χ4v) is 0.781. The molecule has 65 valence electrons. The number of hydrogen-bond acceptors (Lipinski definition) is 3. The molecule has 1 unspecified atom stereocenters. The van der Waals surface area contributed by atoms with Gasteiger partial charge in [-0.25, -0.2) is 0 Å². The second-order valence-corrected chi connectivity index (χ2v) is 2.64. The lowest BCUT2D eigenvalue weighted by molar-refractivity contribution is -0.169. The molecular weight excluding hydrogens is 156 g/mol. The Hall–Kier alpha value is -0.940. The minimum absolute atomic E-state index is 0.169. The summed E-state index contributed by atoms with van der Waals surface area (Å²) < 4.78 is 0. The zero-order valence-corrected chi connectivity index (χ0v) is 7.06. The Labute approximate surface area is 71.4 Å². The summed E-state index contributed by atoms with van der Waals surface area (Å²) in [5.74, 6) is 0. The Morgan fingerprint density at radius 3 is 2.58 bits per heavy atom. The van der Waals surface area contributed by atoms with Crippen molar-refractivity contribution >= 4 is 5.69 Å². The van der Waals surface area contributed by atoms with E-state index in [-0.39, 0.29) is 5.69 Å². The van der Waals surface area contributed by atoms with E-state index in [2.05, 4.69) is 6.07 Å². The number of para-hydroxylation sites is 1. The van der Waals surface area contributed by atoms with Gasteiger partial charge in [-0.05, 0) is 6.07 Å². The lowest BCUT2D eigenvalue weighted by atomic mass is 10.3. The van der Waals surface area contributed by atoms with E-state index in [0.29, 0.717) is 0 Å². The molecule has 0 heterocycles. The maximum absolute atomic E-state index is 11.4. The molecule has 1 aromatic carbocycles. The maximum Gasteiger partial charge on any atom is 0.194 e. The molecule has 0 amide bonds. The average molecular weight is 167 g/mol. The summed E-state index contributed by atoms with van der Waals surface area (Å²) in [6, 6.07) is 9.17. The van der Waals surface area contributed by atoms with Gasteiger partial charge in [0, 0.05) is 20.2 Å². The van der Waals surface area contributed by atoms with Gasteiger partial charge in [0.1, 0.15) is 0 Å². The predicted molar refractivity (Wildman–Crippen MR) is 45.9 cm³/mol. The molecule has 0 aliphatic carbocycles. The van der Waals surface area contributed by atoms with Gasteiger partial charge in [0.25, 0.3) is 0 Å². The molecule has 0 aliphatic rings. The molecule has 0 aromatic heterocycles. The molecular formula is C8H11N2O2. The van der Waals surface area contributed by atoms with E-state index < -0.39 is 4.92 Å². The second kappa shape index (κ2) is 3.20. The molecule has 4 heteroatoms. The Kier molecular flexibility index (Phi) is 2.44. The van der Waals surface area contributed by atoms with Crippen LogP contribution in [0.3, 0.4) is 0 Å². The molecule has 0 spiro atoms. The van der Waals surface area contributed by atoms with E-state index in [1.54, 1.807) is 18.2 Å². The maximum atomic E-state index is 11.4. The van der Waals surface area contributed by atoms with Crippen molar-refractivity contribution in [2.24, 2.45) is 0 Å². The fourth-order valence-electron chi connectivity index (χ4n) is 0.781. The Morgan fingerprint density at radius 1 is 1.50 bits per heavy atom. The van der Waals surface area contributed by atoms with Crippen LogP contribution in [0, 0.1) is 11.3 Å². The standard InChI is InChI=1S/C8H11N2O2/c1-9(2)10(11,12)8-6-4-3-5-7-8/h3-6,11H,1-2H3. The van der Waals surface area contributed by atoms with Crippen LogP contribution in [0.15, 0.2) is 24.3 Å². The summed E-state index contributed by atoms with van der Waals surface area (Å²) in [5, 5.41) is 21.9. The third-order valence-corrected chi connectivity index (χ3v) is 1.55. The van der Waals surface area contributed by atoms with Crippen LogP contribution in [-0.4, -0.2) is 24.3 Å². The first-order valence-electron chi connectivity index (χ1n) is 3.53. The van der Waals surface area contributed by atoms with Crippen molar-refractivity contribution in [3.05, 3.63) is 35.5 Å². The molecule has 0 saturated carbocycles. The SMILES string of the molecule is CN(C)[N+]([O-])(O)c1[c]cccc1. The van der Waals surface area contributed by atoms with Crippen LogP contribution in [0.1, 0.15) is 0 Å². The van der Waals surface area contributed by atoms with E-state index in [1.807, 2.05) is 0 Å². The highest BCUT2D eigenvalue weighted by atomic mass is 16.9.